The van der Waals surface area contributed by atoms with Gasteiger partial charge in [0, 0.05) is 29.4 Å². The first-order chi connectivity index (χ1) is 17.5. The van der Waals surface area contributed by atoms with Crippen molar-refractivity contribution in [2.75, 3.05) is 5.01 Å². The summed E-state index contributed by atoms with van der Waals surface area (Å²) in [6.07, 6.45) is 5.53. The number of hydrogen-bond acceptors (Lipinski definition) is 4. The zero-order valence-electron chi connectivity index (χ0n) is 18.8. The minimum Gasteiger partial charge on any atom is -0.267 e. The van der Waals surface area contributed by atoms with Gasteiger partial charge in [-0.2, -0.15) is 20.5 Å². The first kappa shape index (κ1) is 21.6. The second-order valence-electron chi connectivity index (χ2n) is 8.52. The Balaban J connectivity index is 1.43. The van der Waals surface area contributed by atoms with Crippen LogP contribution in [0.4, 0.5) is 14.5 Å². The molecule has 6 rings (SSSR count). The number of aromatic nitrogens is 2. The third kappa shape index (κ3) is 3.41. The summed E-state index contributed by atoms with van der Waals surface area (Å²) in [5, 5.41) is 19.1. The van der Waals surface area contributed by atoms with Crippen LogP contribution in [0.25, 0.3) is 5.69 Å². The number of anilines is 1. The van der Waals surface area contributed by atoms with E-state index in [0.717, 1.165) is 28.4 Å². The zero-order valence-corrected chi connectivity index (χ0v) is 18.8. The van der Waals surface area contributed by atoms with E-state index in [4.69, 9.17) is 0 Å². The number of nitrogens with zero attached hydrogens (tertiary/aromatic N) is 5. The molecule has 174 valence electrons. The quantitative estimate of drug-likeness (QED) is 0.413. The van der Waals surface area contributed by atoms with Gasteiger partial charge < -0.3 is 0 Å². The van der Waals surface area contributed by atoms with Crippen LogP contribution in [0, 0.1) is 23.0 Å². The Bertz CT molecular complexity index is 1610. The summed E-state index contributed by atoms with van der Waals surface area (Å²) in [6, 6.07) is 20.2. The van der Waals surface area contributed by atoms with Crippen LogP contribution in [-0.2, 0) is 11.2 Å². The van der Waals surface area contributed by atoms with E-state index in [-0.39, 0.29) is 33.7 Å². The number of amides is 1. The van der Waals surface area contributed by atoms with Crippen molar-refractivity contribution in [2.45, 2.75) is 12.3 Å². The molecule has 0 saturated carbocycles. The lowest BCUT2D eigenvalue weighted by Gasteiger charge is -2.24. The normalized spacial score (nSPS) is 16.2. The molecule has 0 bridgehead atoms. The Morgan fingerprint density at radius 3 is 2.50 bits per heavy atom. The lowest BCUT2D eigenvalue weighted by Crippen LogP contribution is -2.25. The molecule has 1 amide bonds. The summed E-state index contributed by atoms with van der Waals surface area (Å²) < 4.78 is 32.0. The molecule has 8 heteroatoms. The summed E-state index contributed by atoms with van der Waals surface area (Å²) in [7, 11) is 0. The number of para-hydroxylation sites is 1. The molecule has 2 heterocycles. The van der Waals surface area contributed by atoms with Gasteiger partial charge >= 0.3 is 0 Å². The molecule has 0 saturated heterocycles. The van der Waals surface area contributed by atoms with Gasteiger partial charge in [0.25, 0.3) is 5.91 Å². The summed E-state index contributed by atoms with van der Waals surface area (Å²) in [6.45, 7) is 0. The van der Waals surface area contributed by atoms with Crippen LogP contribution in [0.15, 0.2) is 95.9 Å². The molecule has 1 aromatic heterocycles. The molecule has 0 fully saturated rings. The maximum absolute atomic E-state index is 15.1. The maximum atomic E-state index is 15.1. The van der Waals surface area contributed by atoms with Crippen LogP contribution in [-0.4, -0.2) is 21.4 Å². The molecule has 4 aromatic rings. The number of nitriles is 1. The lowest BCUT2D eigenvalue weighted by molar-refractivity contribution is -0.114. The van der Waals surface area contributed by atoms with E-state index < -0.39 is 23.5 Å². The predicted molar refractivity (Wildman–Crippen MR) is 130 cm³/mol. The van der Waals surface area contributed by atoms with E-state index in [1.807, 2.05) is 42.6 Å². The van der Waals surface area contributed by atoms with Gasteiger partial charge in [0.15, 0.2) is 0 Å². The fraction of sp³-hybridized carbons (Fsp3) is 0.0714. The number of carbonyl (C=O) groups is 1. The van der Waals surface area contributed by atoms with Gasteiger partial charge in [-0.25, -0.2) is 13.5 Å². The van der Waals surface area contributed by atoms with Crippen LogP contribution < -0.4 is 5.01 Å². The van der Waals surface area contributed by atoms with Crippen molar-refractivity contribution < 1.29 is 13.6 Å². The molecule has 1 aliphatic carbocycles. The Hall–Kier alpha value is -4.90. The Labute approximate surface area is 205 Å². The van der Waals surface area contributed by atoms with Gasteiger partial charge in [0.2, 0.25) is 0 Å². The summed E-state index contributed by atoms with van der Waals surface area (Å²) >= 11 is 0. The van der Waals surface area contributed by atoms with Crippen molar-refractivity contribution in [3.8, 4) is 11.8 Å². The Kier molecular flexibility index (Phi) is 5.04. The van der Waals surface area contributed by atoms with Crippen LogP contribution >= 0.6 is 0 Å². The highest BCUT2D eigenvalue weighted by atomic mass is 19.1. The van der Waals surface area contributed by atoms with E-state index in [1.54, 1.807) is 41.2 Å². The number of rotatable bonds is 4. The first-order valence-electron chi connectivity index (χ1n) is 11.3. The molecule has 1 atom stereocenters. The van der Waals surface area contributed by atoms with Crippen molar-refractivity contribution in [3.63, 3.8) is 0 Å². The fourth-order valence-electron chi connectivity index (χ4n) is 4.74. The molecular formula is C28H17F2N5O. The topological polar surface area (TPSA) is 74.3 Å². The summed E-state index contributed by atoms with van der Waals surface area (Å²) in [4.78, 5) is 13.4. The van der Waals surface area contributed by atoms with Crippen molar-refractivity contribution in [3.05, 3.63) is 125 Å². The highest BCUT2D eigenvalue weighted by Crippen LogP contribution is 2.40. The molecule has 1 aliphatic heterocycles. The molecule has 2 aliphatic rings. The average molecular weight is 477 g/mol. The van der Waals surface area contributed by atoms with E-state index in [0.29, 0.717) is 6.42 Å². The second-order valence-corrected chi connectivity index (χ2v) is 8.52. The molecule has 0 spiro atoms. The standard InChI is InChI=1S/C28H17F2N5O/c29-22-10-11-23(30)26-25(22)19(14-17-6-8-20(9-7-17)34-13-3-12-32-34)15-21-27(26)33-35(28(21)36)24-5-2-1-4-18(24)16-31/h1-13,15,19H,14H2. The van der Waals surface area contributed by atoms with Gasteiger partial charge in [-0.1, -0.05) is 30.3 Å². The molecule has 0 N–H and O–H groups in total. The molecule has 3 aromatic carbocycles. The highest BCUT2D eigenvalue weighted by molar-refractivity contribution is 6.36. The maximum Gasteiger partial charge on any atom is 0.280 e. The van der Waals surface area contributed by atoms with Crippen LogP contribution in [0.2, 0.25) is 0 Å². The van der Waals surface area contributed by atoms with E-state index in [9.17, 15) is 10.1 Å². The van der Waals surface area contributed by atoms with E-state index in [2.05, 4.69) is 10.2 Å². The van der Waals surface area contributed by atoms with Gasteiger partial charge in [-0.05, 0) is 54.4 Å². The first-order valence-corrected chi connectivity index (χ1v) is 11.3. The minimum atomic E-state index is -0.655. The Morgan fingerprint density at radius 2 is 1.75 bits per heavy atom. The summed E-state index contributed by atoms with van der Waals surface area (Å²) in [5.41, 5.74) is 2.71. The van der Waals surface area contributed by atoms with E-state index >= 15 is 8.78 Å². The van der Waals surface area contributed by atoms with Crippen LogP contribution in [0.5, 0.6) is 0 Å². The number of fused-ring (bicyclic) bond motifs is 3. The van der Waals surface area contributed by atoms with Gasteiger partial charge in [-0.3, -0.25) is 4.79 Å². The Morgan fingerprint density at radius 1 is 0.972 bits per heavy atom. The minimum absolute atomic E-state index is 0.0176. The molecular weight excluding hydrogens is 460 g/mol. The second kappa shape index (κ2) is 8.40. The van der Waals surface area contributed by atoms with Gasteiger partial charge in [-0.15, -0.1) is 0 Å². The third-order valence-electron chi connectivity index (χ3n) is 6.41. The molecule has 1 unspecified atom stereocenters. The van der Waals surface area contributed by atoms with Gasteiger partial charge in [0.1, 0.15) is 23.4 Å². The number of hydrazone groups is 1. The van der Waals surface area contributed by atoms with Crippen molar-refractivity contribution >= 4 is 17.3 Å². The largest absolute Gasteiger partial charge is 0.280 e. The number of benzene rings is 3. The summed E-state index contributed by atoms with van der Waals surface area (Å²) in [5.74, 6) is -2.29. The number of halogens is 2. The SMILES string of the molecule is N#Cc1ccccc1N1N=C2C(=CC(Cc3ccc(-n4cccn4)cc3)c3c(F)ccc(F)c32)C1=O. The lowest BCUT2D eigenvalue weighted by atomic mass is 9.79. The predicted octanol–water partition coefficient (Wildman–Crippen LogP) is 5.04. The van der Waals surface area contributed by atoms with E-state index in [1.165, 1.54) is 0 Å². The fourth-order valence-corrected chi connectivity index (χ4v) is 4.74. The van der Waals surface area contributed by atoms with Crippen LogP contribution in [0.1, 0.15) is 28.2 Å². The van der Waals surface area contributed by atoms with Crippen molar-refractivity contribution in [2.24, 2.45) is 5.10 Å². The molecule has 36 heavy (non-hydrogen) atoms. The number of allylic oxidation sites excluding steroid dienone is 1. The van der Waals surface area contributed by atoms with Gasteiger partial charge in [0.05, 0.1) is 22.5 Å². The third-order valence-corrected chi connectivity index (χ3v) is 6.41. The number of hydrogen-bond donors (Lipinski definition) is 0. The van der Waals surface area contributed by atoms with Crippen molar-refractivity contribution in [1.82, 2.24) is 9.78 Å². The molecule has 6 nitrogen and oxygen atoms in total. The zero-order chi connectivity index (χ0) is 24.8. The average Bonchev–Trinajstić information content (AvgIpc) is 3.55. The van der Waals surface area contributed by atoms with Crippen LogP contribution in [0.3, 0.4) is 0 Å². The molecule has 0 radical (unpaired) electrons. The monoisotopic (exact) mass is 477 g/mol. The smallest absolute Gasteiger partial charge is 0.267 e. The highest BCUT2D eigenvalue weighted by Gasteiger charge is 2.40. The van der Waals surface area contributed by atoms with Crippen molar-refractivity contribution in [1.29, 1.82) is 5.26 Å². The number of carbonyl (C=O) groups excluding carboxylic acids is 1.